The first-order chi connectivity index (χ1) is 12.4. The Morgan fingerprint density at radius 3 is 2.52 bits per heavy atom. The molecule has 0 N–H and O–H groups in total. The zero-order valence-electron chi connectivity index (χ0n) is 15.5. The molecule has 0 spiro atoms. The van der Waals surface area contributed by atoms with E-state index < -0.39 is 22.8 Å². The molecule has 0 bridgehead atoms. The maximum absolute atomic E-state index is 15.0. The summed E-state index contributed by atoms with van der Waals surface area (Å²) in [6.45, 7) is 2.93. The number of piperazine rings is 1. The van der Waals surface area contributed by atoms with Crippen molar-refractivity contribution < 1.29 is 48.6 Å². The Balaban J connectivity index is 0.00000210. The van der Waals surface area contributed by atoms with Crippen LogP contribution in [0.2, 0.25) is 0 Å². The third-order valence-corrected chi connectivity index (χ3v) is 4.96. The van der Waals surface area contributed by atoms with Gasteiger partial charge < -0.3 is 24.4 Å². The average Bonchev–Trinajstić information content (AvgIpc) is 2.60. The van der Waals surface area contributed by atoms with E-state index in [9.17, 15) is 19.1 Å². The van der Waals surface area contributed by atoms with Crippen LogP contribution >= 0.6 is 0 Å². The number of hydrogen-bond acceptors (Lipinski definition) is 7. The molecule has 0 amide bonds. The number of carbonyl (C=O) groups excluding carboxylic acids is 1. The molecule has 1 aromatic carbocycles. The molecular formula is C17H18FN4NaO4. The smallest absolute Gasteiger partial charge is 0.545 e. The van der Waals surface area contributed by atoms with Gasteiger partial charge in [0.2, 0.25) is 0 Å². The summed E-state index contributed by atoms with van der Waals surface area (Å²) in [6, 6.07) is 1.10. The number of ether oxygens (including phenoxy) is 1. The second-order valence-corrected chi connectivity index (χ2v) is 6.66. The van der Waals surface area contributed by atoms with Crippen LogP contribution in [-0.2, 0) is 0 Å². The molecule has 2 aliphatic rings. The standard InChI is InChI=1S/C17H19FN4O4.Na/c1-19-3-5-21(6-4-19)14-12(18)7-10-13-16(14)26-9-20(2)22(13)8-11(15(10)23)17(24)25;/h7-8H,3-6,9H2,1-2H3,(H,24,25);/q;+1/p-1. The van der Waals surface area contributed by atoms with Crippen LogP contribution in [0.4, 0.5) is 10.1 Å². The molecule has 1 aromatic heterocycles. The number of rotatable bonds is 2. The zero-order valence-corrected chi connectivity index (χ0v) is 17.5. The number of carboxylic acids is 1. The molecule has 138 valence electrons. The number of pyridine rings is 1. The van der Waals surface area contributed by atoms with Crippen LogP contribution in [0.3, 0.4) is 0 Å². The van der Waals surface area contributed by atoms with Gasteiger partial charge in [-0.3, -0.25) is 14.5 Å². The normalized spacial score (nSPS) is 16.9. The molecule has 2 aliphatic heterocycles. The molecule has 4 rings (SSSR count). The zero-order chi connectivity index (χ0) is 18.6. The molecule has 8 nitrogen and oxygen atoms in total. The number of hydrogen-bond donors (Lipinski definition) is 0. The fraction of sp³-hybridized carbons (Fsp3) is 0.412. The largest absolute Gasteiger partial charge is 1.00 e. The molecule has 1 fully saturated rings. The molecule has 0 saturated carbocycles. The van der Waals surface area contributed by atoms with Gasteiger partial charge >= 0.3 is 29.6 Å². The summed E-state index contributed by atoms with van der Waals surface area (Å²) in [4.78, 5) is 27.9. The van der Waals surface area contributed by atoms with Gasteiger partial charge in [0.05, 0.1) is 16.9 Å². The van der Waals surface area contributed by atoms with E-state index in [4.69, 9.17) is 4.74 Å². The van der Waals surface area contributed by atoms with Crippen LogP contribution in [0, 0.1) is 5.82 Å². The van der Waals surface area contributed by atoms with Crippen LogP contribution in [0.25, 0.3) is 10.9 Å². The number of anilines is 1. The monoisotopic (exact) mass is 384 g/mol. The summed E-state index contributed by atoms with van der Waals surface area (Å²) in [6.07, 6.45) is 1.21. The predicted octanol–water partition coefficient (Wildman–Crippen LogP) is -3.82. The summed E-state index contributed by atoms with van der Waals surface area (Å²) < 4.78 is 22.2. The maximum atomic E-state index is 15.0. The van der Waals surface area contributed by atoms with Gasteiger partial charge in [-0.1, -0.05) is 0 Å². The van der Waals surface area contributed by atoms with Crippen molar-refractivity contribution in [2.75, 3.05) is 56.9 Å². The third-order valence-electron chi connectivity index (χ3n) is 4.96. The van der Waals surface area contributed by atoms with Crippen LogP contribution in [0.5, 0.6) is 5.75 Å². The minimum absolute atomic E-state index is 0. The van der Waals surface area contributed by atoms with E-state index in [1.54, 1.807) is 12.1 Å². The van der Waals surface area contributed by atoms with Gasteiger partial charge in [0.15, 0.2) is 23.7 Å². The molecule has 2 aromatic rings. The Morgan fingerprint density at radius 1 is 1.22 bits per heavy atom. The number of carbonyl (C=O) groups is 1. The Bertz CT molecular complexity index is 972. The number of aromatic carboxylic acids is 1. The van der Waals surface area contributed by atoms with Crippen molar-refractivity contribution in [2.45, 2.75) is 0 Å². The molecular weight excluding hydrogens is 366 g/mol. The first-order valence-corrected chi connectivity index (χ1v) is 8.29. The summed E-state index contributed by atoms with van der Waals surface area (Å²) in [7, 11) is 3.69. The topological polar surface area (TPSA) is 81.1 Å². The van der Waals surface area contributed by atoms with Gasteiger partial charge in [-0.2, -0.15) is 0 Å². The summed E-state index contributed by atoms with van der Waals surface area (Å²) in [5.41, 5.74) is -0.610. The minimum Gasteiger partial charge on any atom is -0.545 e. The van der Waals surface area contributed by atoms with Crippen molar-refractivity contribution in [3.05, 3.63) is 33.9 Å². The van der Waals surface area contributed by atoms with Gasteiger partial charge in [0, 0.05) is 39.4 Å². The van der Waals surface area contributed by atoms with Crippen molar-refractivity contribution in [1.29, 1.82) is 0 Å². The first kappa shape index (κ1) is 19.9. The van der Waals surface area contributed by atoms with Crippen molar-refractivity contribution in [2.24, 2.45) is 0 Å². The average molecular weight is 384 g/mol. The Hall–Kier alpha value is -1.81. The van der Waals surface area contributed by atoms with E-state index in [0.29, 0.717) is 24.3 Å². The fourth-order valence-corrected chi connectivity index (χ4v) is 3.49. The molecule has 0 radical (unpaired) electrons. The fourth-order valence-electron chi connectivity index (χ4n) is 3.49. The second kappa shape index (κ2) is 7.31. The maximum Gasteiger partial charge on any atom is 1.00 e. The van der Waals surface area contributed by atoms with Crippen LogP contribution in [0.15, 0.2) is 17.1 Å². The summed E-state index contributed by atoms with van der Waals surface area (Å²) in [5, 5.41) is 12.9. The van der Waals surface area contributed by atoms with Crippen molar-refractivity contribution in [3.63, 3.8) is 0 Å². The molecule has 1 saturated heterocycles. The number of likely N-dealkylation sites (N-methyl/N-ethyl adjacent to an activating group) is 1. The molecule has 27 heavy (non-hydrogen) atoms. The SMILES string of the molecule is CN1CCN(c2c(F)cc3c(=O)c(C(=O)[O-])cn4c3c2OCN4C)CC1.[Na+]. The van der Waals surface area contributed by atoms with E-state index in [2.05, 4.69) is 4.90 Å². The first-order valence-electron chi connectivity index (χ1n) is 8.29. The van der Waals surface area contributed by atoms with Gasteiger partial charge in [-0.05, 0) is 13.1 Å². The molecule has 3 heterocycles. The molecule has 0 aliphatic carbocycles. The number of carboxylic acid groups (broad SMARTS) is 1. The van der Waals surface area contributed by atoms with Gasteiger partial charge in [-0.15, -0.1) is 0 Å². The second-order valence-electron chi connectivity index (χ2n) is 6.66. The third kappa shape index (κ3) is 3.18. The molecule has 0 unspecified atom stereocenters. The van der Waals surface area contributed by atoms with Gasteiger partial charge in [0.1, 0.15) is 11.2 Å². The Kier molecular flexibility index (Phi) is 5.40. The van der Waals surface area contributed by atoms with E-state index in [-0.39, 0.29) is 47.4 Å². The van der Waals surface area contributed by atoms with Crippen LogP contribution in [-0.4, -0.2) is 62.6 Å². The quantitative estimate of drug-likeness (QED) is 0.491. The van der Waals surface area contributed by atoms with Crippen molar-refractivity contribution >= 4 is 22.6 Å². The molecule has 0 atom stereocenters. The number of benzene rings is 1. The van der Waals surface area contributed by atoms with E-state index in [0.717, 1.165) is 19.2 Å². The van der Waals surface area contributed by atoms with Gasteiger partial charge in [0.25, 0.3) is 0 Å². The van der Waals surface area contributed by atoms with E-state index in [1.165, 1.54) is 10.9 Å². The Morgan fingerprint density at radius 2 is 1.89 bits per heavy atom. The number of nitrogens with zero attached hydrogens (tertiary/aromatic N) is 4. The number of aromatic nitrogens is 1. The number of halogens is 1. The minimum atomic E-state index is -1.59. The van der Waals surface area contributed by atoms with E-state index >= 15 is 0 Å². The van der Waals surface area contributed by atoms with E-state index in [1.807, 2.05) is 11.9 Å². The summed E-state index contributed by atoms with van der Waals surface area (Å²) in [5.74, 6) is -1.92. The summed E-state index contributed by atoms with van der Waals surface area (Å²) >= 11 is 0. The van der Waals surface area contributed by atoms with Crippen molar-refractivity contribution in [3.8, 4) is 5.75 Å². The Labute approximate surface area is 177 Å². The van der Waals surface area contributed by atoms with Gasteiger partial charge in [-0.25, -0.2) is 4.39 Å². The van der Waals surface area contributed by atoms with Crippen molar-refractivity contribution in [1.82, 2.24) is 9.58 Å². The molecule has 10 heteroatoms. The predicted molar refractivity (Wildman–Crippen MR) is 91.8 cm³/mol. The van der Waals surface area contributed by atoms with Crippen LogP contribution < -0.4 is 54.7 Å². The van der Waals surface area contributed by atoms with Crippen LogP contribution in [0.1, 0.15) is 10.4 Å².